The monoisotopic (exact) mass is 628 g/mol. The molecule has 40 heavy (non-hydrogen) atoms. The number of piperidine rings is 1. The molecule has 13 heteroatoms. The maximum Gasteiger partial charge on any atom is 0.260 e. The van der Waals surface area contributed by atoms with Crippen LogP contribution in [0, 0.1) is 5.92 Å². The number of anilines is 1. The fourth-order valence-electron chi connectivity index (χ4n) is 4.69. The summed E-state index contributed by atoms with van der Waals surface area (Å²) in [6, 6.07) is 11.0. The number of para-hydroxylation sites is 1. The van der Waals surface area contributed by atoms with Gasteiger partial charge in [0.05, 0.1) is 14.5 Å². The average Bonchev–Trinajstić information content (AvgIpc) is 3.34. The zero-order valence-corrected chi connectivity index (χ0v) is 26.5. The molecule has 4 rings (SSSR count). The number of fused-ring (bicyclic) bond motifs is 1. The van der Waals surface area contributed by atoms with Gasteiger partial charge in [-0.15, -0.1) is 12.4 Å². The molecule has 0 bridgehead atoms. The molecule has 1 saturated heterocycles. The fourth-order valence-corrected chi connectivity index (χ4v) is 8.07. The van der Waals surface area contributed by atoms with Crippen LogP contribution in [0.15, 0.2) is 52.3 Å². The number of sulfone groups is 1. The smallest absolute Gasteiger partial charge is 0.260 e. The van der Waals surface area contributed by atoms with E-state index in [2.05, 4.69) is 16.8 Å². The SMILES string of the molecule is CCN(CC)CCN(C(=O)c1ccc(S(=O)(=O)N2CCC(C)CC2)cc1)c1nc2c(S(C)(=O)=O)cccc2s1.Cl. The molecule has 220 valence electrons. The van der Waals surface area contributed by atoms with Gasteiger partial charge in [0.25, 0.3) is 5.91 Å². The Kier molecular flexibility index (Phi) is 10.7. The molecule has 0 saturated carbocycles. The Balaban J connectivity index is 0.00000441. The molecule has 0 atom stereocenters. The van der Waals surface area contributed by atoms with Crippen LogP contribution in [0.1, 0.15) is 44.0 Å². The first-order valence-corrected chi connectivity index (χ1v) is 17.3. The number of carbonyl (C=O) groups excluding carboxylic acids is 1. The first-order chi connectivity index (χ1) is 18.5. The lowest BCUT2D eigenvalue weighted by atomic mass is 10.0. The summed E-state index contributed by atoms with van der Waals surface area (Å²) in [5.74, 6) is 0.188. The van der Waals surface area contributed by atoms with Crippen molar-refractivity contribution < 1.29 is 21.6 Å². The third-order valence-electron chi connectivity index (χ3n) is 7.26. The van der Waals surface area contributed by atoms with Gasteiger partial charge >= 0.3 is 0 Å². The highest BCUT2D eigenvalue weighted by Gasteiger charge is 2.29. The van der Waals surface area contributed by atoms with Gasteiger partial charge in [-0.05, 0) is 68.2 Å². The highest BCUT2D eigenvalue weighted by Crippen LogP contribution is 2.33. The Morgan fingerprint density at radius 3 is 2.20 bits per heavy atom. The van der Waals surface area contributed by atoms with Crippen molar-refractivity contribution in [2.75, 3.05) is 50.4 Å². The maximum absolute atomic E-state index is 13.8. The highest BCUT2D eigenvalue weighted by molar-refractivity contribution is 7.91. The van der Waals surface area contributed by atoms with Gasteiger partial charge in [-0.3, -0.25) is 9.69 Å². The van der Waals surface area contributed by atoms with Crippen LogP contribution in [0.25, 0.3) is 10.2 Å². The van der Waals surface area contributed by atoms with Gasteiger partial charge in [0.15, 0.2) is 15.0 Å². The molecule has 1 amide bonds. The number of benzene rings is 2. The van der Waals surface area contributed by atoms with E-state index in [4.69, 9.17) is 0 Å². The van der Waals surface area contributed by atoms with Gasteiger partial charge in [-0.2, -0.15) is 4.31 Å². The molecule has 1 fully saturated rings. The van der Waals surface area contributed by atoms with E-state index in [1.165, 1.54) is 33.8 Å². The van der Waals surface area contributed by atoms with Gasteiger partial charge in [0.2, 0.25) is 10.0 Å². The van der Waals surface area contributed by atoms with Gasteiger partial charge < -0.3 is 4.90 Å². The van der Waals surface area contributed by atoms with Crippen LogP contribution in [-0.2, 0) is 19.9 Å². The number of aromatic nitrogens is 1. The quantitative estimate of drug-likeness (QED) is 0.325. The molecule has 0 unspecified atom stereocenters. The molecule has 2 heterocycles. The Morgan fingerprint density at radius 1 is 1.00 bits per heavy atom. The van der Waals surface area contributed by atoms with Crippen molar-refractivity contribution in [2.45, 2.75) is 43.4 Å². The lowest BCUT2D eigenvalue weighted by Gasteiger charge is -2.29. The van der Waals surface area contributed by atoms with Crippen molar-refractivity contribution in [3.05, 3.63) is 48.0 Å². The summed E-state index contributed by atoms with van der Waals surface area (Å²) < 4.78 is 53.2. The number of likely N-dealkylation sites (N-methyl/N-ethyl adjacent to an activating group) is 1. The predicted octanol–water partition coefficient (Wildman–Crippen LogP) is 4.53. The molecule has 0 N–H and O–H groups in total. The van der Waals surface area contributed by atoms with Crippen molar-refractivity contribution in [1.82, 2.24) is 14.2 Å². The van der Waals surface area contributed by atoms with Crippen molar-refractivity contribution in [2.24, 2.45) is 5.92 Å². The second-order valence-electron chi connectivity index (χ2n) is 9.97. The number of rotatable bonds is 10. The maximum atomic E-state index is 13.8. The summed E-state index contributed by atoms with van der Waals surface area (Å²) in [5, 5.41) is 0.400. The minimum Gasteiger partial charge on any atom is -0.302 e. The highest BCUT2D eigenvalue weighted by atomic mass is 35.5. The minimum absolute atomic E-state index is 0. The van der Waals surface area contributed by atoms with Gasteiger partial charge in [-0.25, -0.2) is 21.8 Å². The number of halogens is 1. The number of hydrogen-bond acceptors (Lipinski definition) is 8. The van der Waals surface area contributed by atoms with Crippen LogP contribution in [0.4, 0.5) is 5.13 Å². The summed E-state index contributed by atoms with van der Waals surface area (Å²) in [6.07, 6.45) is 2.81. The normalized spacial score (nSPS) is 15.3. The Morgan fingerprint density at radius 2 is 1.62 bits per heavy atom. The number of sulfonamides is 1. The molecule has 0 aliphatic carbocycles. The second kappa shape index (κ2) is 13.3. The van der Waals surface area contributed by atoms with Gasteiger partial charge in [-0.1, -0.05) is 38.2 Å². The molecule has 0 radical (unpaired) electrons. The van der Waals surface area contributed by atoms with E-state index in [0.29, 0.717) is 53.0 Å². The summed E-state index contributed by atoms with van der Waals surface area (Å²) >= 11 is 1.26. The molecular weight excluding hydrogens is 592 g/mol. The minimum atomic E-state index is -3.63. The van der Waals surface area contributed by atoms with E-state index >= 15 is 0 Å². The number of amides is 1. The molecule has 0 spiro atoms. The van der Waals surface area contributed by atoms with Crippen LogP contribution in [0.5, 0.6) is 0 Å². The Labute approximate surface area is 247 Å². The summed E-state index contributed by atoms with van der Waals surface area (Å²) in [5.41, 5.74) is 0.682. The van der Waals surface area contributed by atoms with Crippen LogP contribution >= 0.6 is 23.7 Å². The predicted molar refractivity (Wildman–Crippen MR) is 163 cm³/mol. The van der Waals surface area contributed by atoms with Crippen LogP contribution in [0.2, 0.25) is 0 Å². The Hall–Kier alpha value is -2.09. The van der Waals surface area contributed by atoms with Crippen LogP contribution in [-0.4, -0.2) is 82.5 Å². The zero-order valence-electron chi connectivity index (χ0n) is 23.2. The van der Waals surface area contributed by atoms with Gasteiger partial charge in [0, 0.05) is 38.0 Å². The Bertz CT molecular complexity index is 1530. The van der Waals surface area contributed by atoms with E-state index in [-0.39, 0.29) is 28.1 Å². The number of carbonyl (C=O) groups is 1. The van der Waals surface area contributed by atoms with Crippen LogP contribution < -0.4 is 4.90 Å². The second-order valence-corrected chi connectivity index (χ2v) is 14.9. The average molecular weight is 629 g/mol. The fraction of sp³-hybridized carbons (Fsp3) is 0.481. The third-order valence-corrected chi connectivity index (χ3v) is 11.3. The molecular formula is C27H37ClN4O5S3. The topological polar surface area (TPSA) is 108 Å². The van der Waals surface area contributed by atoms with E-state index in [1.807, 2.05) is 13.8 Å². The largest absolute Gasteiger partial charge is 0.302 e. The third kappa shape index (κ3) is 7.03. The van der Waals surface area contributed by atoms with E-state index in [0.717, 1.165) is 32.2 Å². The molecule has 3 aromatic rings. The number of nitrogens with zero attached hydrogens (tertiary/aromatic N) is 4. The van der Waals surface area contributed by atoms with E-state index < -0.39 is 19.9 Å². The number of hydrogen-bond donors (Lipinski definition) is 0. The van der Waals surface area contributed by atoms with Crippen LogP contribution in [0.3, 0.4) is 0 Å². The molecule has 2 aromatic carbocycles. The molecule has 1 aromatic heterocycles. The van der Waals surface area contributed by atoms with Crippen molar-refractivity contribution in [3.8, 4) is 0 Å². The lowest BCUT2D eigenvalue weighted by Crippen LogP contribution is -2.39. The lowest BCUT2D eigenvalue weighted by molar-refractivity contribution is 0.0983. The van der Waals surface area contributed by atoms with E-state index in [9.17, 15) is 21.6 Å². The summed E-state index contributed by atoms with van der Waals surface area (Å²) in [4.78, 5) is 22.4. The summed E-state index contributed by atoms with van der Waals surface area (Å²) in [7, 11) is -7.14. The number of thiazole rings is 1. The first kappa shape index (κ1) is 32.4. The zero-order chi connectivity index (χ0) is 28.4. The standard InChI is InChI=1S/C27H36N4O5S3.ClH/c1-5-29(6-2)18-19-31(27-28-25-23(37-27)8-7-9-24(25)38(4,33)34)26(32)21-10-12-22(13-11-21)39(35,36)30-16-14-20(3)15-17-30;/h7-13,20H,5-6,14-19H2,1-4H3;1H. The van der Waals surface area contributed by atoms with E-state index in [1.54, 1.807) is 29.2 Å². The van der Waals surface area contributed by atoms with Crippen molar-refractivity contribution >= 4 is 64.9 Å². The molecule has 9 nitrogen and oxygen atoms in total. The van der Waals surface area contributed by atoms with Crippen molar-refractivity contribution in [1.29, 1.82) is 0 Å². The molecule has 1 aliphatic heterocycles. The van der Waals surface area contributed by atoms with Gasteiger partial charge in [0.1, 0.15) is 5.52 Å². The first-order valence-electron chi connectivity index (χ1n) is 13.2. The summed E-state index contributed by atoms with van der Waals surface area (Å²) in [6.45, 7) is 9.81. The molecule has 1 aliphatic rings. The van der Waals surface area contributed by atoms with Crippen molar-refractivity contribution in [3.63, 3.8) is 0 Å².